The van der Waals surface area contributed by atoms with E-state index in [1.807, 2.05) is 26.0 Å². The summed E-state index contributed by atoms with van der Waals surface area (Å²) < 4.78 is 0.882. The predicted molar refractivity (Wildman–Crippen MR) is 75.4 cm³/mol. The first-order chi connectivity index (χ1) is 8.43. The highest BCUT2D eigenvalue weighted by Crippen LogP contribution is 2.23. The smallest absolute Gasteiger partial charge is 0.239 e. The van der Waals surface area contributed by atoms with E-state index in [4.69, 9.17) is 5.26 Å². The highest BCUT2D eigenvalue weighted by atomic mass is 79.9. The third kappa shape index (κ3) is 4.04. The largest absolute Gasteiger partial charge is 0.364 e. The van der Waals surface area contributed by atoms with Gasteiger partial charge in [-0.15, -0.1) is 0 Å². The predicted octanol–water partition coefficient (Wildman–Crippen LogP) is 2.28. The van der Waals surface area contributed by atoms with E-state index < -0.39 is 0 Å². The number of nitriles is 1. The summed E-state index contributed by atoms with van der Waals surface area (Å²) in [4.78, 5) is 13.4. The number of nitrogens with one attached hydrogen (secondary N) is 1. The van der Waals surface area contributed by atoms with Crippen molar-refractivity contribution in [3.8, 4) is 6.07 Å². The van der Waals surface area contributed by atoms with E-state index in [1.54, 1.807) is 18.0 Å². The van der Waals surface area contributed by atoms with Gasteiger partial charge < -0.3 is 10.2 Å². The first-order valence-electron chi connectivity index (χ1n) is 5.64. The zero-order chi connectivity index (χ0) is 13.7. The van der Waals surface area contributed by atoms with E-state index in [0.717, 1.165) is 10.2 Å². The molecule has 0 saturated heterocycles. The van der Waals surface area contributed by atoms with E-state index in [1.165, 1.54) is 0 Å². The molecule has 1 aromatic rings. The van der Waals surface area contributed by atoms with Crippen molar-refractivity contribution in [3.05, 3.63) is 28.2 Å². The minimum atomic E-state index is -0.0589. The number of nitrogens with zero attached hydrogens (tertiary/aromatic N) is 2. The second-order valence-electron chi connectivity index (χ2n) is 4.35. The molecule has 18 heavy (non-hydrogen) atoms. The van der Waals surface area contributed by atoms with Crippen LogP contribution in [0.2, 0.25) is 0 Å². The summed E-state index contributed by atoms with van der Waals surface area (Å²) in [6, 6.07) is 7.61. The Morgan fingerprint density at radius 3 is 2.78 bits per heavy atom. The number of anilines is 1. The zero-order valence-corrected chi connectivity index (χ0v) is 12.3. The Kier molecular flexibility index (Phi) is 5.17. The van der Waals surface area contributed by atoms with E-state index in [9.17, 15) is 4.79 Å². The molecule has 0 aliphatic heterocycles. The third-order valence-electron chi connectivity index (χ3n) is 2.32. The van der Waals surface area contributed by atoms with Crippen molar-refractivity contribution in [2.24, 2.45) is 0 Å². The molecule has 1 amide bonds. The summed E-state index contributed by atoms with van der Waals surface area (Å²) in [5.74, 6) is -0.0589. The molecule has 0 fully saturated rings. The van der Waals surface area contributed by atoms with Crippen molar-refractivity contribution in [2.75, 3.05) is 18.5 Å². The lowest BCUT2D eigenvalue weighted by atomic mass is 10.2. The third-order valence-corrected chi connectivity index (χ3v) is 2.82. The number of carbonyl (C=O) groups is 1. The second-order valence-corrected chi connectivity index (χ2v) is 5.27. The van der Waals surface area contributed by atoms with Crippen LogP contribution in [0, 0.1) is 11.3 Å². The normalized spacial score (nSPS) is 10.0. The number of amides is 1. The lowest BCUT2D eigenvalue weighted by Gasteiger charge is -2.21. The average Bonchev–Trinajstić information content (AvgIpc) is 2.27. The zero-order valence-electron chi connectivity index (χ0n) is 10.7. The lowest BCUT2D eigenvalue weighted by Crippen LogP contribution is -2.38. The van der Waals surface area contributed by atoms with E-state index in [0.29, 0.717) is 5.56 Å². The minimum absolute atomic E-state index is 0.0589. The molecule has 0 aliphatic rings. The fourth-order valence-corrected chi connectivity index (χ4v) is 1.93. The van der Waals surface area contributed by atoms with Crippen LogP contribution in [0.1, 0.15) is 19.4 Å². The molecule has 0 spiro atoms. The Hall–Kier alpha value is -1.54. The molecule has 0 bridgehead atoms. The van der Waals surface area contributed by atoms with Gasteiger partial charge in [0.1, 0.15) is 6.07 Å². The van der Waals surface area contributed by atoms with Crippen LogP contribution in [0.4, 0.5) is 5.69 Å². The minimum Gasteiger partial charge on any atom is -0.364 e. The van der Waals surface area contributed by atoms with Crippen LogP contribution in [0.3, 0.4) is 0 Å². The number of halogens is 1. The van der Waals surface area contributed by atoms with Gasteiger partial charge in [0.15, 0.2) is 0 Å². The van der Waals surface area contributed by atoms with Crippen LogP contribution in [-0.4, -0.2) is 25.5 Å². The lowest BCUT2D eigenvalue weighted by molar-refractivity contribution is -0.120. The summed E-state index contributed by atoms with van der Waals surface area (Å²) in [6.45, 7) is 4.05. The van der Waals surface area contributed by atoms with E-state index in [2.05, 4.69) is 27.3 Å². The molecule has 1 rings (SSSR count). The van der Waals surface area contributed by atoms with Gasteiger partial charge in [0, 0.05) is 17.6 Å². The first kappa shape index (κ1) is 14.5. The Morgan fingerprint density at radius 2 is 2.22 bits per heavy atom. The monoisotopic (exact) mass is 309 g/mol. The quantitative estimate of drug-likeness (QED) is 0.928. The van der Waals surface area contributed by atoms with Crippen molar-refractivity contribution in [1.29, 1.82) is 5.26 Å². The van der Waals surface area contributed by atoms with Crippen molar-refractivity contribution < 1.29 is 4.79 Å². The fourth-order valence-electron chi connectivity index (χ4n) is 1.58. The van der Waals surface area contributed by atoms with Gasteiger partial charge >= 0.3 is 0 Å². The Morgan fingerprint density at radius 1 is 1.56 bits per heavy atom. The Labute approximate surface area is 116 Å². The molecule has 0 unspecified atom stereocenters. The molecule has 96 valence electrons. The molecule has 0 heterocycles. The van der Waals surface area contributed by atoms with Crippen molar-refractivity contribution in [2.45, 2.75) is 19.9 Å². The van der Waals surface area contributed by atoms with Crippen molar-refractivity contribution >= 4 is 27.5 Å². The number of carbonyl (C=O) groups excluding carboxylic acids is 1. The summed E-state index contributed by atoms with van der Waals surface area (Å²) in [5.41, 5.74) is 1.30. The number of benzene rings is 1. The average molecular weight is 310 g/mol. The summed E-state index contributed by atoms with van der Waals surface area (Å²) >= 11 is 3.36. The highest BCUT2D eigenvalue weighted by Gasteiger charge is 2.12. The van der Waals surface area contributed by atoms with Crippen LogP contribution in [0.5, 0.6) is 0 Å². The van der Waals surface area contributed by atoms with Crippen LogP contribution in [0.25, 0.3) is 0 Å². The van der Waals surface area contributed by atoms with Gasteiger partial charge in [0.2, 0.25) is 5.91 Å². The highest BCUT2D eigenvalue weighted by molar-refractivity contribution is 9.10. The molecule has 0 atom stereocenters. The Bertz CT molecular complexity index is 480. The maximum atomic E-state index is 11.7. The molecule has 1 N–H and O–H groups in total. The van der Waals surface area contributed by atoms with Crippen LogP contribution < -0.4 is 10.2 Å². The summed E-state index contributed by atoms with van der Waals surface area (Å²) in [6.07, 6.45) is 0. The molecule has 0 radical (unpaired) electrons. The fraction of sp³-hybridized carbons (Fsp3) is 0.385. The SMILES string of the molecule is CC(C)NC(=O)CN(C)c1cc(Br)ccc1C#N. The molecule has 4 nitrogen and oxygen atoms in total. The van der Waals surface area contributed by atoms with Crippen molar-refractivity contribution in [1.82, 2.24) is 5.32 Å². The number of hydrogen-bond donors (Lipinski definition) is 1. The molecule has 0 aromatic heterocycles. The number of rotatable bonds is 4. The van der Waals surface area contributed by atoms with E-state index in [-0.39, 0.29) is 18.5 Å². The van der Waals surface area contributed by atoms with Crippen LogP contribution >= 0.6 is 15.9 Å². The van der Waals surface area contributed by atoms with Gasteiger partial charge in [-0.1, -0.05) is 15.9 Å². The van der Waals surface area contributed by atoms with Gasteiger partial charge in [-0.3, -0.25) is 4.79 Å². The first-order valence-corrected chi connectivity index (χ1v) is 6.43. The molecule has 0 aliphatic carbocycles. The van der Waals surface area contributed by atoms with E-state index >= 15 is 0 Å². The second kappa shape index (κ2) is 6.41. The molecular formula is C13H16BrN3O. The van der Waals surface area contributed by atoms with Gasteiger partial charge in [-0.2, -0.15) is 5.26 Å². The number of hydrogen-bond acceptors (Lipinski definition) is 3. The maximum absolute atomic E-state index is 11.7. The molecule has 1 aromatic carbocycles. The Balaban J connectivity index is 2.84. The maximum Gasteiger partial charge on any atom is 0.239 e. The summed E-state index contributed by atoms with van der Waals surface area (Å²) in [7, 11) is 1.79. The van der Waals surface area contributed by atoms with Crippen molar-refractivity contribution in [3.63, 3.8) is 0 Å². The standard InChI is InChI=1S/C13H16BrN3O/c1-9(2)16-13(18)8-17(3)12-6-11(14)5-4-10(12)7-15/h4-6,9H,8H2,1-3H3,(H,16,18). The molecule has 5 heteroatoms. The van der Waals surface area contributed by atoms with Gasteiger partial charge in [-0.05, 0) is 32.0 Å². The molecular weight excluding hydrogens is 294 g/mol. The topological polar surface area (TPSA) is 56.1 Å². The van der Waals surface area contributed by atoms with Gasteiger partial charge in [-0.25, -0.2) is 0 Å². The summed E-state index contributed by atoms with van der Waals surface area (Å²) in [5, 5.41) is 11.9. The van der Waals surface area contributed by atoms with Crippen LogP contribution in [-0.2, 0) is 4.79 Å². The van der Waals surface area contributed by atoms with Gasteiger partial charge in [0.05, 0.1) is 17.8 Å². The molecule has 0 saturated carbocycles. The van der Waals surface area contributed by atoms with Crippen LogP contribution in [0.15, 0.2) is 22.7 Å². The number of likely N-dealkylation sites (N-methyl/N-ethyl adjacent to an activating group) is 1. The van der Waals surface area contributed by atoms with Gasteiger partial charge in [0.25, 0.3) is 0 Å².